The van der Waals surface area contributed by atoms with Gasteiger partial charge in [0.15, 0.2) is 5.96 Å². The molecule has 2 saturated heterocycles. The van der Waals surface area contributed by atoms with Crippen molar-refractivity contribution in [2.24, 2.45) is 4.99 Å². The Bertz CT molecular complexity index is 889. The van der Waals surface area contributed by atoms with E-state index in [1.54, 1.807) is 7.05 Å². The normalized spacial score (nSPS) is 19.1. The first-order valence-electron chi connectivity index (χ1n) is 11.4. The summed E-state index contributed by atoms with van der Waals surface area (Å²) in [4.78, 5) is 6.73. The standard InChI is InChI=1S/C25H34N4O3/c1-19-3-6-21(24(15-19)32-23-9-12-31-18-23)17-28-25(26-2)27-16-20-4-7-22(8-5-20)29-10-13-30-14-11-29/h3-8,15,23H,9-14,16-18H2,1-2H3,(H2,26,27,28). The van der Waals surface area contributed by atoms with Gasteiger partial charge >= 0.3 is 0 Å². The van der Waals surface area contributed by atoms with Crippen LogP contribution in [-0.4, -0.2) is 58.6 Å². The number of ether oxygens (including phenoxy) is 3. The Morgan fingerprint density at radius 3 is 2.53 bits per heavy atom. The Kier molecular flexibility index (Phi) is 7.85. The molecule has 2 N–H and O–H groups in total. The van der Waals surface area contributed by atoms with Crippen LogP contribution in [0.1, 0.15) is 23.1 Å². The van der Waals surface area contributed by atoms with Gasteiger partial charge in [-0.3, -0.25) is 4.99 Å². The molecule has 7 heteroatoms. The summed E-state index contributed by atoms with van der Waals surface area (Å²) in [6, 6.07) is 15.0. The highest BCUT2D eigenvalue weighted by Crippen LogP contribution is 2.24. The molecule has 172 valence electrons. The van der Waals surface area contributed by atoms with Gasteiger partial charge in [-0.2, -0.15) is 0 Å². The molecule has 1 unspecified atom stereocenters. The van der Waals surface area contributed by atoms with E-state index in [4.69, 9.17) is 14.2 Å². The number of rotatable bonds is 7. The molecule has 2 aliphatic heterocycles. The molecule has 32 heavy (non-hydrogen) atoms. The van der Waals surface area contributed by atoms with E-state index in [0.29, 0.717) is 19.7 Å². The third kappa shape index (κ3) is 6.14. The highest BCUT2D eigenvalue weighted by atomic mass is 16.5. The zero-order chi connectivity index (χ0) is 22.2. The van der Waals surface area contributed by atoms with E-state index in [9.17, 15) is 0 Å². The Morgan fingerprint density at radius 1 is 1.03 bits per heavy atom. The first kappa shape index (κ1) is 22.4. The second-order valence-corrected chi connectivity index (χ2v) is 8.26. The molecule has 2 aromatic carbocycles. The minimum absolute atomic E-state index is 0.133. The number of aliphatic imine (C=N–C) groups is 1. The third-order valence-electron chi connectivity index (χ3n) is 5.85. The van der Waals surface area contributed by atoms with E-state index < -0.39 is 0 Å². The maximum absolute atomic E-state index is 6.21. The molecular formula is C25H34N4O3. The molecule has 7 nitrogen and oxygen atoms in total. The molecule has 0 radical (unpaired) electrons. The number of aryl methyl sites for hydroxylation is 1. The fraction of sp³-hybridized carbons (Fsp3) is 0.480. The van der Waals surface area contributed by atoms with Gasteiger partial charge in [0.1, 0.15) is 11.9 Å². The summed E-state index contributed by atoms with van der Waals surface area (Å²) in [6.45, 7) is 8.36. The van der Waals surface area contributed by atoms with E-state index in [0.717, 1.165) is 56.6 Å². The van der Waals surface area contributed by atoms with Crippen molar-refractivity contribution in [3.8, 4) is 5.75 Å². The SMILES string of the molecule is CN=C(NCc1ccc(N2CCOCC2)cc1)NCc1ccc(C)cc1OC1CCOC1. The van der Waals surface area contributed by atoms with Gasteiger partial charge in [-0.1, -0.05) is 24.3 Å². The lowest BCUT2D eigenvalue weighted by molar-refractivity contribution is 0.122. The Morgan fingerprint density at radius 2 is 1.81 bits per heavy atom. The smallest absolute Gasteiger partial charge is 0.191 e. The largest absolute Gasteiger partial charge is 0.488 e. The summed E-state index contributed by atoms with van der Waals surface area (Å²) in [5.74, 6) is 1.68. The lowest BCUT2D eigenvalue weighted by Crippen LogP contribution is -2.37. The van der Waals surface area contributed by atoms with Crippen LogP contribution in [0.3, 0.4) is 0 Å². The molecule has 0 spiro atoms. The number of nitrogens with one attached hydrogen (secondary N) is 2. The highest BCUT2D eigenvalue weighted by molar-refractivity contribution is 5.79. The number of anilines is 1. The van der Waals surface area contributed by atoms with Gasteiger partial charge in [-0.05, 0) is 36.2 Å². The van der Waals surface area contributed by atoms with Gasteiger partial charge in [-0.25, -0.2) is 0 Å². The second kappa shape index (κ2) is 11.2. The van der Waals surface area contributed by atoms with Crippen LogP contribution >= 0.6 is 0 Å². The van der Waals surface area contributed by atoms with Crippen LogP contribution in [0, 0.1) is 6.92 Å². The lowest BCUT2D eigenvalue weighted by atomic mass is 10.1. The molecular weight excluding hydrogens is 404 g/mol. The van der Waals surface area contributed by atoms with Crippen LogP contribution in [-0.2, 0) is 22.6 Å². The molecule has 2 heterocycles. The minimum Gasteiger partial charge on any atom is -0.488 e. The van der Waals surface area contributed by atoms with Crippen LogP contribution in [0.15, 0.2) is 47.5 Å². The van der Waals surface area contributed by atoms with E-state index in [1.807, 2.05) is 0 Å². The molecule has 0 amide bonds. The number of hydrogen-bond acceptors (Lipinski definition) is 5. The first-order valence-corrected chi connectivity index (χ1v) is 11.4. The number of guanidine groups is 1. The van der Waals surface area contributed by atoms with Crippen LogP contribution < -0.4 is 20.3 Å². The van der Waals surface area contributed by atoms with Crippen molar-refractivity contribution in [2.45, 2.75) is 32.5 Å². The van der Waals surface area contributed by atoms with Gasteiger partial charge in [0.25, 0.3) is 0 Å². The fourth-order valence-corrected chi connectivity index (χ4v) is 3.93. The monoisotopic (exact) mass is 438 g/mol. The molecule has 2 aliphatic rings. The van der Waals surface area contributed by atoms with Gasteiger partial charge in [0.05, 0.1) is 26.4 Å². The van der Waals surface area contributed by atoms with E-state index in [-0.39, 0.29) is 6.10 Å². The number of morpholine rings is 1. The molecule has 0 aliphatic carbocycles. The summed E-state index contributed by atoms with van der Waals surface area (Å²) in [5.41, 5.74) is 4.76. The molecule has 2 fully saturated rings. The quantitative estimate of drug-likeness (QED) is 0.512. The maximum Gasteiger partial charge on any atom is 0.191 e. The number of nitrogens with zero attached hydrogens (tertiary/aromatic N) is 2. The average Bonchev–Trinajstić information content (AvgIpc) is 3.34. The number of benzene rings is 2. The number of hydrogen-bond donors (Lipinski definition) is 2. The zero-order valence-electron chi connectivity index (χ0n) is 19.1. The van der Waals surface area contributed by atoms with Gasteiger partial charge in [0, 0.05) is 50.9 Å². The van der Waals surface area contributed by atoms with E-state index in [2.05, 4.69) is 69.9 Å². The van der Waals surface area contributed by atoms with E-state index in [1.165, 1.54) is 16.8 Å². The minimum atomic E-state index is 0.133. The van der Waals surface area contributed by atoms with Crippen molar-refractivity contribution in [3.05, 3.63) is 59.2 Å². The molecule has 4 rings (SSSR count). The Balaban J connectivity index is 1.29. The summed E-state index contributed by atoms with van der Waals surface area (Å²) in [6.07, 6.45) is 1.07. The average molecular weight is 439 g/mol. The van der Waals surface area contributed by atoms with Gasteiger partial charge in [-0.15, -0.1) is 0 Å². The molecule has 0 aromatic heterocycles. The fourth-order valence-electron chi connectivity index (χ4n) is 3.93. The molecule has 0 bridgehead atoms. The van der Waals surface area contributed by atoms with Crippen LogP contribution in [0.25, 0.3) is 0 Å². The van der Waals surface area contributed by atoms with Crippen LogP contribution in [0.5, 0.6) is 5.75 Å². The third-order valence-corrected chi connectivity index (χ3v) is 5.85. The van der Waals surface area contributed by atoms with Crippen molar-refractivity contribution in [3.63, 3.8) is 0 Å². The van der Waals surface area contributed by atoms with Crippen molar-refractivity contribution >= 4 is 11.6 Å². The molecule has 0 saturated carbocycles. The second-order valence-electron chi connectivity index (χ2n) is 8.26. The highest BCUT2D eigenvalue weighted by Gasteiger charge is 2.19. The Hall–Kier alpha value is -2.77. The maximum atomic E-state index is 6.21. The Labute approximate surface area is 190 Å². The van der Waals surface area contributed by atoms with E-state index >= 15 is 0 Å². The summed E-state index contributed by atoms with van der Waals surface area (Å²) in [5, 5.41) is 6.81. The summed E-state index contributed by atoms with van der Waals surface area (Å²) < 4.78 is 17.1. The summed E-state index contributed by atoms with van der Waals surface area (Å²) >= 11 is 0. The first-order chi connectivity index (χ1) is 15.7. The van der Waals surface area contributed by atoms with Gasteiger partial charge in [0.2, 0.25) is 0 Å². The van der Waals surface area contributed by atoms with Crippen LogP contribution in [0.2, 0.25) is 0 Å². The predicted octanol–water partition coefficient (Wildman–Crippen LogP) is 2.86. The molecule has 2 aromatic rings. The predicted molar refractivity (Wildman–Crippen MR) is 128 cm³/mol. The van der Waals surface area contributed by atoms with Crippen molar-refractivity contribution in [1.82, 2.24) is 10.6 Å². The lowest BCUT2D eigenvalue weighted by Gasteiger charge is -2.29. The van der Waals surface area contributed by atoms with Crippen LogP contribution in [0.4, 0.5) is 5.69 Å². The molecule has 1 atom stereocenters. The van der Waals surface area contributed by atoms with Crippen molar-refractivity contribution in [2.75, 3.05) is 51.5 Å². The zero-order valence-corrected chi connectivity index (χ0v) is 19.1. The summed E-state index contributed by atoms with van der Waals surface area (Å²) in [7, 11) is 1.79. The van der Waals surface area contributed by atoms with Gasteiger partial charge < -0.3 is 29.7 Å². The van der Waals surface area contributed by atoms with Crippen molar-refractivity contribution < 1.29 is 14.2 Å². The topological polar surface area (TPSA) is 67.4 Å². The van der Waals surface area contributed by atoms with Crippen molar-refractivity contribution in [1.29, 1.82) is 0 Å².